The zero-order valence-corrected chi connectivity index (χ0v) is 13.1. The molecule has 2 rings (SSSR count). The molecule has 1 unspecified atom stereocenters. The number of aliphatic hydroxyl groups is 1. The molecule has 0 radical (unpaired) electrons. The fraction of sp³-hybridized carbons (Fsp3) is 0.286. The van der Waals surface area contributed by atoms with Gasteiger partial charge in [-0.25, -0.2) is 0 Å². The maximum atomic E-state index is 10.5. The molecule has 102 valence electrons. The summed E-state index contributed by atoms with van der Waals surface area (Å²) in [5.74, 6) is 1.28. The molecule has 3 nitrogen and oxygen atoms in total. The van der Waals surface area contributed by atoms with E-state index < -0.39 is 6.10 Å². The SMILES string of the molecule is COc1cccc(OC)c1C(O)Cc1sccc1Br. The van der Waals surface area contributed by atoms with Crippen LogP contribution >= 0.6 is 27.3 Å². The lowest BCUT2D eigenvalue weighted by atomic mass is 10.0. The zero-order chi connectivity index (χ0) is 13.8. The first-order chi connectivity index (χ1) is 9.17. The highest BCUT2D eigenvalue weighted by Crippen LogP contribution is 2.37. The number of aliphatic hydroxyl groups excluding tert-OH is 1. The first kappa shape index (κ1) is 14.4. The van der Waals surface area contributed by atoms with Crippen LogP contribution in [0.15, 0.2) is 34.1 Å². The molecule has 0 saturated carbocycles. The number of hydrogen-bond acceptors (Lipinski definition) is 4. The summed E-state index contributed by atoms with van der Waals surface area (Å²) in [4.78, 5) is 1.10. The summed E-state index contributed by atoms with van der Waals surface area (Å²) in [6, 6.07) is 7.47. The molecular formula is C14H15BrO3S. The Bertz CT molecular complexity index is 531. The minimum absolute atomic E-state index is 0.523. The van der Waals surface area contributed by atoms with Crippen molar-refractivity contribution in [1.82, 2.24) is 0 Å². The van der Waals surface area contributed by atoms with Crippen LogP contribution in [0, 0.1) is 0 Å². The van der Waals surface area contributed by atoms with E-state index in [-0.39, 0.29) is 0 Å². The molecule has 1 atom stereocenters. The minimum Gasteiger partial charge on any atom is -0.496 e. The van der Waals surface area contributed by atoms with E-state index in [9.17, 15) is 5.11 Å². The molecule has 19 heavy (non-hydrogen) atoms. The van der Waals surface area contributed by atoms with Crippen LogP contribution in [0.4, 0.5) is 0 Å². The third-order valence-corrected chi connectivity index (χ3v) is 4.82. The van der Waals surface area contributed by atoms with Crippen molar-refractivity contribution in [1.29, 1.82) is 0 Å². The maximum absolute atomic E-state index is 10.5. The average Bonchev–Trinajstić information content (AvgIpc) is 2.83. The lowest BCUT2D eigenvalue weighted by molar-refractivity contribution is 0.170. The number of thiophene rings is 1. The highest BCUT2D eigenvalue weighted by Gasteiger charge is 2.20. The molecular weight excluding hydrogens is 328 g/mol. The molecule has 1 heterocycles. The van der Waals surface area contributed by atoms with Gasteiger partial charge in [0.05, 0.1) is 25.9 Å². The van der Waals surface area contributed by atoms with E-state index in [1.807, 2.05) is 29.6 Å². The van der Waals surface area contributed by atoms with Crippen molar-refractivity contribution >= 4 is 27.3 Å². The van der Waals surface area contributed by atoms with Gasteiger partial charge in [-0.1, -0.05) is 6.07 Å². The second-order valence-electron chi connectivity index (χ2n) is 3.99. The third-order valence-electron chi connectivity index (χ3n) is 2.87. The van der Waals surface area contributed by atoms with Crippen molar-refractivity contribution in [3.8, 4) is 11.5 Å². The van der Waals surface area contributed by atoms with Gasteiger partial charge in [-0.3, -0.25) is 0 Å². The molecule has 0 aliphatic rings. The highest BCUT2D eigenvalue weighted by molar-refractivity contribution is 9.10. The predicted octanol–water partition coefficient (Wildman–Crippen LogP) is 3.80. The van der Waals surface area contributed by atoms with E-state index in [0.717, 1.165) is 9.35 Å². The Morgan fingerprint density at radius 1 is 1.21 bits per heavy atom. The monoisotopic (exact) mass is 342 g/mol. The van der Waals surface area contributed by atoms with Crippen LogP contribution in [0.1, 0.15) is 16.5 Å². The van der Waals surface area contributed by atoms with Crippen LogP contribution in [-0.4, -0.2) is 19.3 Å². The molecule has 0 spiro atoms. The van der Waals surface area contributed by atoms with Crippen LogP contribution in [-0.2, 0) is 6.42 Å². The summed E-state index contributed by atoms with van der Waals surface area (Å²) in [6.07, 6.45) is -0.143. The van der Waals surface area contributed by atoms with Gasteiger partial charge in [0, 0.05) is 15.8 Å². The first-order valence-electron chi connectivity index (χ1n) is 5.78. The summed E-state index contributed by atoms with van der Waals surface area (Å²) >= 11 is 5.09. The van der Waals surface area contributed by atoms with Crippen LogP contribution in [0.3, 0.4) is 0 Å². The number of ether oxygens (including phenoxy) is 2. The summed E-state index contributed by atoms with van der Waals surface area (Å²) in [5, 5.41) is 12.5. The molecule has 0 amide bonds. The van der Waals surface area contributed by atoms with Crippen LogP contribution < -0.4 is 9.47 Å². The summed E-state index contributed by atoms with van der Waals surface area (Å²) < 4.78 is 11.6. The Morgan fingerprint density at radius 2 is 1.84 bits per heavy atom. The molecule has 0 aliphatic heterocycles. The molecule has 2 aromatic rings. The maximum Gasteiger partial charge on any atom is 0.128 e. The third kappa shape index (κ3) is 3.11. The van der Waals surface area contributed by atoms with Crippen molar-refractivity contribution in [2.45, 2.75) is 12.5 Å². The zero-order valence-electron chi connectivity index (χ0n) is 10.7. The Morgan fingerprint density at radius 3 is 2.32 bits per heavy atom. The van der Waals surface area contributed by atoms with Gasteiger partial charge < -0.3 is 14.6 Å². The van der Waals surface area contributed by atoms with Crippen molar-refractivity contribution in [2.24, 2.45) is 0 Å². The van der Waals surface area contributed by atoms with Crippen molar-refractivity contribution in [3.63, 3.8) is 0 Å². The molecule has 1 aromatic carbocycles. The molecule has 5 heteroatoms. The topological polar surface area (TPSA) is 38.7 Å². The van der Waals surface area contributed by atoms with Crippen LogP contribution in [0.25, 0.3) is 0 Å². The Hall–Kier alpha value is -1.04. The number of methoxy groups -OCH3 is 2. The van der Waals surface area contributed by atoms with E-state index in [1.165, 1.54) is 0 Å². The average molecular weight is 343 g/mol. The highest BCUT2D eigenvalue weighted by atomic mass is 79.9. The van der Waals surface area contributed by atoms with Crippen molar-refractivity contribution in [3.05, 3.63) is 44.6 Å². The lowest BCUT2D eigenvalue weighted by Gasteiger charge is -2.17. The van der Waals surface area contributed by atoms with Crippen molar-refractivity contribution < 1.29 is 14.6 Å². The normalized spacial score (nSPS) is 12.2. The van der Waals surface area contributed by atoms with E-state index in [4.69, 9.17) is 9.47 Å². The standard InChI is InChI=1S/C14H15BrO3S/c1-17-11-4-3-5-12(18-2)14(11)10(16)8-13-9(15)6-7-19-13/h3-7,10,16H,8H2,1-2H3. The molecule has 0 aliphatic carbocycles. The van der Waals surface area contributed by atoms with Crippen molar-refractivity contribution in [2.75, 3.05) is 14.2 Å². The summed E-state index contributed by atoms with van der Waals surface area (Å²) in [6.45, 7) is 0. The van der Waals surface area contributed by atoms with Gasteiger partial charge in [-0.05, 0) is 39.5 Å². The molecule has 0 saturated heterocycles. The van der Waals surface area contributed by atoms with Gasteiger partial charge in [0.1, 0.15) is 11.5 Å². The van der Waals surface area contributed by atoms with E-state index in [2.05, 4.69) is 15.9 Å². The fourth-order valence-corrected chi connectivity index (χ4v) is 3.51. The fourth-order valence-electron chi connectivity index (χ4n) is 1.96. The largest absolute Gasteiger partial charge is 0.496 e. The van der Waals surface area contributed by atoms with E-state index >= 15 is 0 Å². The molecule has 0 fully saturated rings. The van der Waals surface area contributed by atoms with Gasteiger partial charge >= 0.3 is 0 Å². The van der Waals surface area contributed by atoms with Gasteiger partial charge in [0.15, 0.2) is 0 Å². The second-order valence-corrected chi connectivity index (χ2v) is 5.84. The molecule has 0 bridgehead atoms. The predicted molar refractivity (Wildman–Crippen MR) is 80.2 cm³/mol. The van der Waals surface area contributed by atoms with Gasteiger partial charge in [-0.2, -0.15) is 0 Å². The molecule has 1 aromatic heterocycles. The Kier molecular flexibility index (Phi) is 4.85. The quantitative estimate of drug-likeness (QED) is 0.897. The number of rotatable bonds is 5. The van der Waals surface area contributed by atoms with E-state index in [0.29, 0.717) is 23.5 Å². The number of hydrogen-bond donors (Lipinski definition) is 1. The summed E-state index contributed by atoms with van der Waals surface area (Å²) in [7, 11) is 3.18. The van der Waals surface area contributed by atoms with E-state index in [1.54, 1.807) is 25.6 Å². The minimum atomic E-state index is -0.666. The summed E-state index contributed by atoms with van der Waals surface area (Å²) in [5.41, 5.74) is 0.688. The Labute approximate surface area is 124 Å². The first-order valence-corrected chi connectivity index (χ1v) is 7.45. The lowest BCUT2D eigenvalue weighted by Crippen LogP contribution is -2.06. The van der Waals surface area contributed by atoms with Crippen LogP contribution in [0.2, 0.25) is 0 Å². The second kappa shape index (κ2) is 6.41. The number of benzene rings is 1. The molecule has 1 N–H and O–H groups in total. The van der Waals surface area contributed by atoms with Gasteiger partial charge in [0.25, 0.3) is 0 Å². The van der Waals surface area contributed by atoms with Gasteiger partial charge in [0.2, 0.25) is 0 Å². The smallest absolute Gasteiger partial charge is 0.128 e. The Balaban J connectivity index is 2.32. The number of halogens is 1. The van der Waals surface area contributed by atoms with Gasteiger partial charge in [-0.15, -0.1) is 11.3 Å². The van der Waals surface area contributed by atoms with Crippen LogP contribution in [0.5, 0.6) is 11.5 Å².